The lowest BCUT2D eigenvalue weighted by Crippen LogP contribution is -2.38. The Morgan fingerprint density at radius 2 is 2.33 bits per heavy atom. The molecule has 2 rings (SSSR count). The van der Waals surface area contributed by atoms with E-state index in [0.29, 0.717) is 12.1 Å². The summed E-state index contributed by atoms with van der Waals surface area (Å²) >= 11 is 0. The molecule has 1 amide bonds. The second-order valence-electron chi connectivity index (χ2n) is 4.78. The van der Waals surface area contributed by atoms with Crippen LogP contribution in [-0.4, -0.2) is 54.0 Å². The van der Waals surface area contributed by atoms with Gasteiger partial charge in [-0.15, -0.1) is 0 Å². The van der Waals surface area contributed by atoms with Gasteiger partial charge in [-0.1, -0.05) is 0 Å². The first kappa shape index (κ1) is 13.1. The Kier molecular flexibility index (Phi) is 3.43. The fourth-order valence-corrected chi connectivity index (χ4v) is 3.90. The van der Waals surface area contributed by atoms with Crippen molar-refractivity contribution in [3.8, 4) is 0 Å². The van der Waals surface area contributed by atoms with Crippen molar-refractivity contribution in [3.63, 3.8) is 0 Å². The van der Waals surface area contributed by atoms with Crippen molar-refractivity contribution in [3.05, 3.63) is 17.5 Å². The summed E-state index contributed by atoms with van der Waals surface area (Å²) in [6, 6.07) is 1.62. The van der Waals surface area contributed by atoms with Crippen LogP contribution >= 0.6 is 0 Å². The van der Waals surface area contributed by atoms with Crippen LogP contribution in [0.25, 0.3) is 0 Å². The molecule has 1 aromatic heterocycles. The summed E-state index contributed by atoms with van der Waals surface area (Å²) in [5.74, 6) is 0.162. The fourth-order valence-electron chi connectivity index (χ4n) is 2.13. The Morgan fingerprint density at radius 1 is 1.61 bits per heavy atom. The first-order valence-electron chi connectivity index (χ1n) is 5.84. The van der Waals surface area contributed by atoms with Gasteiger partial charge < -0.3 is 4.90 Å². The van der Waals surface area contributed by atoms with Crippen molar-refractivity contribution in [1.82, 2.24) is 15.1 Å². The number of carbonyl (C=O) groups is 1. The zero-order chi connectivity index (χ0) is 13.3. The minimum Gasteiger partial charge on any atom is -0.341 e. The monoisotopic (exact) mass is 271 g/mol. The predicted molar refractivity (Wildman–Crippen MR) is 66.9 cm³/mol. The van der Waals surface area contributed by atoms with Crippen molar-refractivity contribution >= 4 is 15.7 Å². The van der Waals surface area contributed by atoms with E-state index in [-0.39, 0.29) is 29.9 Å². The highest BCUT2D eigenvalue weighted by Gasteiger charge is 2.32. The molecular weight excluding hydrogens is 254 g/mol. The smallest absolute Gasteiger partial charge is 0.228 e. The Bertz CT molecular complexity index is 550. The van der Waals surface area contributed by atoms with Crippen LogP contribution in [0.1, 0.15) is 17.8 Å². The van der Waals surface area contributed by atoms with Crippen LogP contribution in [0.3, 0.4) is 0 Å². The minimum atomic E-state index is -2.96. The first-order valence-corrected chi connectivity index (χ1v) is 7.66. The molecule has 1 unspecified atom stereocenters. The molecule has 0 bridgehead atoms. The van der Waals surface area contributed by atoms with Crippen LogP contribution in [0, 0.1) is 6.92 Å². The van der Waals surface area contributed by atoms with Gasteiger partial charge >= 0.3 is 0 Å². The topological polar surface area (TPSA) is 83.1 Å². The average Bonchev–Trinajstić information content (AvgIpc) is 2.83. The van der Waals surface area contributed by atoms with Crippen LogP contribution in [0.2, 0.25) is 0 Å². The van der Waals surface area contributed by atoms with E-state index in [4.69, 9.17) is 0 Å². The van der Waals surface area contributed by atoms with Crippen LogP contribution < -0.4 is 0 Å². The Balaban J connectivity index is 1.97. The second-order valence-corrected chi connectivity index (χ2v) is 7.01. The number of amides is 1. The van der Waals surface area contributed by atoms with E-state index in [1.807, 2.05) is 13.0 Å². The molecule has 6 nitrogen and oxygen atoms in total. The Hall–Kier alpha value is -1.37. The molecule has 18 heavy (non-hydrogen) atoms. The van der Waals surface area contributed by atoms with Gasteiger partial charge in [0.1, 0.15) is 0 Å². The molecule has 0 saturated carbocycles. The minimum absolute atomic E-state index is 0.0782. The lowest BCUT2D eigenvalue weighted by molar-refractivity contribution is -0.130. The summed E-state index contributed by atoms with van der Waals surface area (Å²) in [6.45, 7) is 1.87. The fraction of sp³-hybridized carbons (Fsp3) is 0.636. The molecule has 1 aromatic rings. The van der Waals surface area contributed by atoms with Crippen molar-refractivity contribution in [2.75, 3.05) is 18.6 Å². The van der Waals surface area contributed by atoms with Crippen molar-refractivity contribution in [1.29, 1.82) is 0 Å². The van der Waals surface area contributed by atoms with Crippen molar-refractivity contribution in [2.24, 2.45) is 0 Å². The molecule has 1 saturated heterocycles. The second kappa shape index (κ2) is 4.72. The predicted octanol–water partition coefficient (Wildman–Crippen LogP) is -0.0939. The van der Waals surface area contributed by atoms with E-state index >= 15 is 0 Å². The third-order valence-electron chi connectivity index (χ3n) is 3.24. The number of hydrogen-bond donors (Lipinski definition) is 1. The van der Waals surface area contributed by atoms with Gasteiger partial charge in [0.25, 0.3) is 0 Å². The lowest BCUT2D eigenvalue weighted by atomic mass is 10.2. The van der Waals surface area contributed by atoms with Gasteiger partial charge in [-0.2, -0.15) is 5.10 Å². The number of nitrogens with one attached hydrogen (secondary N) is 1. The molecule has 0 spiro atoms. The molecule has 0 aliphatic carbocycles. The normalized spacial score (nSPS) is 22.0. The van der Waals surface area contributed by atoms with Gasteiger partial charge in [0.05, 0.1) is 23.6 Å². The maximum atomic E-state index is 12.0. The Morgan fingerprint density at radius 3 is 2.83 bits per heavy atom. The van der Waals surface area contributed by atoms with E-state index in [2.05, 4.69) is 10.2 Å². The SMILES string of the molecule is Cc1cc(CC(=O)N(C)C2CCS(=O)(=O)C2)n[nH]1. The van der Waals surface area contributed by atoms with Crippen LogP contribution in [0.4, 0.5) is 0 Å². The van der Waals surface area contributed by atoms with Crippen LogP contribution in [0.15, 0.2) is 6.07 Å². The highest BCUT2D eigenvalue weighted by atomic mass is 32.2. The number of rotatable bonds is 3. The maximum absolute atomic E-state index is 12.0. The quantitative estimate of drug-likeness (QED) is 0.832. The van der Waals surface area contributed by atoms with E-state index in [0.717, 1.165) is 5.69 Å². The summed E-state index contributed by atoms with van der Waals surface area (Å²) in [5, 5.41) is 6.78. The highest BCUT2D eigenvalue weighted by Crippen LogP contribution is 2.17. The molecular formula is C11H17N3O3S. The third kappa shape index (κ3) is 2.90. The van der Waals surface area contributed by atoms with Gasteiger partial charge in [0.15, 0.2) is 9.84 Å². The molecule has 1 aliphatic heterocycles. The molecule has 0 radical (unpaired) electrons. The summed E-state index contributed by atoms with van der Waals surface area (Å²) < 4.78 is 22.7. The highest BCUT2D eigenvalue weighted by molar-refractivity contribution is 7.91. The van der Waals surface area contributed by atoms with Crippen molar-refractivity contribution in [2.45, 2.75) is 25.8 Å². The molecule has 0 aromatic carbocycles. The summed E-state index contributed by atoms with van der Waals surface area (Å²) in [5.41, 5.74) is 1.59. The van der Waals surface area contributed by atoms with Crippen molar-refractivity contribution < 1.29 is 13.2 Å². The molecule has 2 heterocycles. The summed E-state index contributed by atoms with van der Waals surface area (Å²) in [4.78, 5) is 13.5. The van der Waals surface area contributed by atoms with Crippen LogP contribution in [0.5, 0.6) is 0 Å². The number of aromatic nitrogens is 2. The molecule has 100 valence electrons. The third-order valence-corrected chi connectivity index (χ3v) is 4.99. The van der Waals surface area contributed by atoms with Gasteiger partial charge in [-0.25, -0.2) is 8.42 Å². The average molecular weight is 271 g/mol. The standard InChI is InChI=1S/C11H17N3O3S/c1-8-5-9(13-12-8)6-11(15)14(2)10-3-4-18(16,17)7-10/h5,10H,3-4,6-7H2,1-2H3,(H,12,13). The number of aromatic amines is 1. The summed E-state index contributed by atoms with van der Waals surface area (Å²) in [6.07, 6.45) is 0.738. The number of sulfone groups is 1. The lowest BCUT2D eigenvalue weighted by Gasteiger charge is -2.22. The zero-order valence-electron chi connectivity index (χ0n) is 10.5. The molecule has 1 atom stereocenters. The molecule has 7 heteroatoms. The molecule has 1 fully saturated rings. The first-order chi connectivity index (χ1) is 8.37. The van der Waals surface area contributed by atoms with Gasteiger partial charge in [0.2, 0.25) is 5.91 Å². The maximum Gasteiger partial charge on any atom is 0.228 e. The van der Waals surface area contributed by atoms with Gasteiger partial charge in [-0.3, -0.25) is 9.89 Å². The van der Waals surface area contributed by atoms with Crippen LogP contribution in [-0.2, 0) is 21.1 Å². The van der Waals surface area contributed by atoms with E-state index in [1.165, 1.54) is 4.90 Å². The number of hydrogen-bond acceptors (Lipinski definition) is 4. The number of H-pyrrole nitrogens is 1. The van der Waals surface area contributed by atoms with E-state index < -0.39 is 9.84 Å². The number of aryl methyl sites for hydroxylation is 1. The zero-order valence-corrected chi connectivity index (χ0v) is 11.3. The molecule has 1 aliphatic rings. The van der Waals surface area contributed by atoms with Gasteiger partial charge in [0, 0.05) is 18.8 Å². The van der Waals surface area contributed by atoms with Gasteiger partial charge in [-0.05, 0) is 19.4 Å². The van der Waals surface area contributed by atoms with E-state index in [9.17, 15) is 13.2 Å². The molecule has 1 N–H and O–H groups in total. The Labute approximate surface area is 106 Å². The number of nitrogens with zero attached hydrogens (tertiary/aromatic N) is 2. The van der Waals surface area contributed by atoms with E-state index in [1.54, 1.807) is 7.05 Å². The summed E-state index contributed by atoms with van der Waals surface area (Å²) in [7, 11) is -1.30. The largest absolute Gasteiger partial charge is 0.341 e. The number of likely N-dealkylation sites (N-methyl/N-ethyl adjacent to an activating group) is 1. The number of carbonyl (C=O) groups excluding carboxylic acids is 1.